The van der Waals surface area contributed by atoms with Crippen molar-refractivity contribution in [2.24, 2.45) is 0 Å². The Morgan fingerprint density at radius 3 is 3.04 bits per heavy atom. The van der Waals surface area contributed by atoms with Gasteiger partial charge in [0.1, 0.15) is 11.5 Å². The van der Waals surface area contributed by atoms with E-state index in [1.165, 1.54) is 21.0 Å². The van der Waals surface area contributed by atoms with E-state index in [1.807, 2.05) is 29.6 Å². The predicted octanol–water partition coefficient (Wildman–Crippen LogP) is 2.76. The first kappa shape index (κ1) is 15.1. The molecule has 0 saturated carbocycles. The van der Waals surface area contributed by atoms with Crippen molar-refractivity contribution in [2.75, 3.05) is 0 Å². The quantitative estimate of drug-likeness (QED) is 0.557. The van der Waals surface area contributed by atoms with Crippen molar-refractivity contribution in [3.63, 3.8) is 0 Å². The number of pyridine rings is 1. The second kappa shape index (κ2) is 6.58. The number of hydrogen-bond acceptors (Lipinski definition) is 6. The highest BCUT2D eigenvalue weighted by molar-refractivity contribution is 7.98. The van der Waals surface area contributed by atoms with Crippen LogP contribution in [0.5, 0.6) is 0 Å². The molecule has 0 aliphatic heterocycles. The highest BCUT2D eigenvalue weighted by Crippen LogP contribution is 2.19. The summed E-state index contributed by atoms with van der Waals surface area (Å²) in [7, 11) is 0. The van der Waals surface area contributed by atoms with Crippen molar-refractivity contribution in [2.45, 2.75) is 17.3 Å². The molecule has 6 nitrogen and oxygen atoms in total. The van der Waals surface area contributed by atoms with Crippen LogP contribution in [-0.2, 0) is 12.2 Å². The summed E-state index contributed by atoms with van der Waals surface area (Å²) in [6.07, 6.45) is 2.47. The van der Waals surface area contributed by atoms with Gasteiger partial charge in [-0.3, -0.25) is 14.3 Å². The van der Waals surface area contributed by atoms with Crippen LogP contribution in [0.15, 0.2) is 57.9 Å². The molecule has 0 aromatic carbocycles. The SMILES string of the molecule is O=c1cc(CSc2n[nH]c(Cc3cccs3)n2)nc2ccccn12. The highest BCUT2D eigenvalue weighted by Gasteiger charge is 2.08. The molecule has 0 aliphatic rings. The number of nitrogens with one attached hydrogen (secondary N) is 1. The fourth-order valence-corrected chi connectivity index (χ4v) is 3.73. The molecule has 8 heteroatoms. The summed E-state index contributed by atoms with van der Waals surface area (Å²) in [6, 6.07) is 11.2. The predicted molar refractivity (Wildman–Crippen MR) is 94.5 cm³/mol. The molecule has 4 rings (SSSR count). The van der Waals surface area contributed by atoms with Crippen LogP contribution in [0.2, 0.25) is 0 Å². The largest absolute Gasteiger partial charge is 0.269 e. The number of hydrogen-bond donors (Lipinski definition) is 1. The lowest BCUT2D eigenvalue weighted by Crippen LogP contribution is -2.14. The van der Waals surface area contributed by atoms with Crippen LogP contribution in [0.1, 0.15) is 16.4 Å². The number of aromatic nitrogens is 5. The molecule has 0 spiro atoms. The fraction of sp³-hybridized carbons (Fsp3) is 0.125. The normalized spacial score (nSPS) is 11.2. The smallest absolute Gasteiger partial charge is 0.258 e. The Bertz CT molecular complexity index is 1020. The molecule has 0 fully saturated rings. The third-order valence-electron chi connectivity index (χ3n) is 3.41. The third-order valence-corrected chi connectivity index (χ3v) is 5.16. The molecule has 4 aromatic rings. The molecule has 0 aliphatic carbocycles. The van der Waals surface area contributed by atoms with Gasteiger partial charge in [0.2, 0.25) is 5.16 Å². The molecule has 0 bridgehead atoms. The van der Waals surface area contributed by atoms with Crippen molar-refractivity contribution in [3.8, 4) is 0 Å². The number of aromatic amines is 1. The average Bonchev–Trinajstić information content (AvgIpc) is 3.25. The fourth-order valence-electron chi connectivity index (χ4n) is 2.32. The zero-order valence-corrected chi connectivity index (χ0v) is 14.2. The summed E-state index contributed by atoms with van der Waals surface area (Å²) >= 11 is 3.16. The lowest BCUT2D eigenvalue weighted by molar-refractivity contribution is 0.958. The van der Waals surface area contributed by atoms with Gasteiger partial charge in [0.15, 0.2) is 0 Å². The van der Waals surface area contributed by atoms with Gasteiger partial charge in [-0.2, -0.15) is 0 Å². The Balaban J connectivity index is 1.47. The Kier molecular flexibility index (Phi) is 4.14. The molecule has 0 radical (unpaired) electrons. The van der Waals surface area contributed by atoms with Crippen molar-refractivity contribution < 1.29 is 0 Å². The van der Waals surface area contributed by atoms with E-state index in [0.717, 1.165) is 17.9 Å². The summed E-state index contributed by atoms with van der Waals surface area (Å²) in [4.78, 5) is 22.3. The molecular weight excluding hydrogens is 342 g/mol. The molecule has 1 N–H and O–H groups in total. The van der Waals surface area contributed by atoms with Gasteiger partial charge in [-0.25, -0.2) is 9.97 Å². The molecule has 0 unspecified atom stereocenters. The van der Waals surface area contributed by atoms with Gasteiger partial charge in [-0.05, 0) is 23.6 Å². The second-order valence-corrected chi connectivity index (χ2v) is 7.10. The van der Waals surface area contributed by atoms with Crippen LogP contribution in [0, 0.1) is 0 Å². The van der Waals surface area contributed by atoms with E-state index in [0.29, 0.717) is 16.6 Å². The van der Waals surface area contributed by atoms with E-state index in [-0.39, 0.29) is 5.56 Å². The monoisotopic (exact) mass is 355 g/mol. The molecule has 0 amide bonds. The van der Waals surface area contributed by atoms with Crippen LogP contribution in [0.4, 0.5) is 0 Å². The van der Waals surface area contributed by atoms with E-state index in [4.69, 9.17) is 0 Å². The van der Waals surface area contributed by atoms with Gasteiger partial charge in [0.25, 0.3) is 5.56 Å². The number of thiophene rings is 1. The maximum absolute atomic E-state index is 12.1. The lowest BCUT2D eigenvalue weighted by atomic mass is 10.3. The summed E-state index contributed by atoms with van der Waals surface area (Å²) in [5.41, 5.74) is 1.29. The minimum absolute atomic E-state index is 0.0791. The van der Waals surface area contributed by atoms with Gasteiger partial charge in [0, 0.05) is 29.3 Å². The standard InChI is InChI=1S/C16H13N5OS2/c22-15-8-11(17-14-5-1-2-6-21(14)15)10-24-16-18-13(19-20-16)9-12-4-3-7-23-12/h1-8H,9-10H2,(H,18,19,20). The third kappa shape index (κ3) is 3.24. The molecule has 120 valence electrons. The van der Waals surface area contributed by atoms with Crippen molar-refractivity contribution in [1.82, 2.24) is 24.6 Å². The van der Waals surface area contributed by atoms with Gasteiger partial charge in [-0.15, -0.1) is 16.4 Å². The van der Waals surface area contributed by atoms with E-state index in [1.54, 1.807) is 23.6 Å². The summed E-state index contributed by atoms with van der Waals surface area (Å²) in [5.74, 6) is 1.39. The van der Waals surface area contributed by atoms with Gasteiger partial charge < -0.3 is 0 Å². The minimum atomic E-state index is -0.0791. The van der Waals surface area contributed by atoms with Gasteiger partial charge >= 0.3 is 0 Å². The maximum Gasteiger partial charge on any atom is 0.258 e. The number of H-pyrrole nitrogens is 1. The van der Waals surface area contributed by atoms with Gasteiger partial charge in [-0.1, -0.05) is 23.9 Å². The van der Waals surface area contributed by atoms with Crippen LogP contribution < -0.4 is 5.56 Å². The first-order chi connectivity index (χ1) is 11.8. The Morgan fingerprint density at radius 1 is 1.21 bits per heavy atom. The molecule has 4 aromatic heterocycles. The van der Waals surface area contributed by atoms with Crippen molar-refractivity contribution in [1.29, 1.82) is 0 Å². The van der Waals surface area contributed by atoms with Crippen LogP contribution in [-0.4, -0.2) is 24.6 Å². The number of fused-ring (bicyclic) bond motifs is 1. The average molecular weight is 355 g/mol. The molecular formula is C16H13N5OS2. The van der Waals surface area contributed by atoms with Crippen LogP contribution >= 0.6 is 23.1 Å². The maximum atomic E-state index is 12.1. The molecule has 4 heterocycles. The highest BCUT2D eigenvalue weighted by atomic mass is 32.2. The number of rotatable bonds is 5. The molecule has 0 saturated heterocycles. The van der Waals surface area contributed by atoms with E-state index < -0.39 is 0 Å². The first-order valence-corrected chi connectivity index (χ1v) is 9.18. The van der Waals surface area contributed by atoms with E-state index in [2.05, 4.69) is 26.2 Å². The molecule has 0 atom stereocenters. The van der Waals surface area contributed by atoms with Crippen LogP contribution in [0.3, 0.4) is 0 Å². The Morgan fingerprint density at radius 2 is 2.17 bits per heavy atom. The zero-order valence-electron chi connectivity index (χ0n) is 12.5. The summed E-state index contributed by atoms with van der Waals surface area (Å²) in [5, 5.41) is 9.89. The van der Waals surface area contributed by atoms with E-state index in [9.17, 15) is 4.79 Å². The molecule has 24 heavy (non-hydrogen) atoms. The second-order valence-electron chi connectivity index (χ2n) is 5.12. The topological polar surface area (TPSA) is 75.9 Å². The Labute approximate surface area is 145 Å². The van der Waals surface area contributed by atoms with Gasteiger partial charge in [0.05, 0.1) is 5.69 Å². The van der Waals surface area contributed by atoms with Crippen molar-refractivity contribution in [3.05, 3.63) is 74.7 Å². The Hall–Kier alpha value is -2.45. The minimum Gasteiger partial charge on any atom is -0.269 e. The van der Waals surface area contributed by atoms with Crippen molar-refractivity contribution >= 4 is 28.7 Å². The number of thioether (sulfide) groups is 1. The summed E-state index contributed by atoms with van der Waals surface area (Å²) < 4.78 is 1.53. The van der Waals surface area contributed by atoms with E-state index >= 15 is 0 Å². The zero-order chi connectivity index (χ0) is 16.4. The number of nitrogens with zero attached hydrogens (tertiary/aromatic N) is 4. The first-order valence-electron chi connectivity index (χ1n) is 7.32. The van der Waals surface area contributed by atoms with Crippen LogP contribution in [0.25, 0.3) is 5.65 Å². The lowest BCUT2D eigenvalue weighted by Gasteiger charge is -2.02. The summed E-state index contributed by atoms with van der Waals surface area (Å²) in [6.45, 7) is 0.